The molecule has 2 heterocycles. The quantitative estimate of drug-likeness (QED) is 0.539. The van der Waals surface area contributed by atoms with E-state index in [4.69, 9.17) is 21.8 Å². The van der Waals surface area contributed by atoms with Gasteiger partial charge in [-0.25, -0.2) is 0 Å². The van der Waals surface area contributed by atoms with Gasteiger partial charge < -0.3 is 15.5 Å². The lowest BCUT2D eigenvalue weighted by atomic mass is 10.1. The van der Waals surface area contributed by atoms with E-state index in [2.05, 4.69) is 15.4 Å². The van der Waals surface area contributed by atoms with Gasteiger partial charge in [0, 0.05) is 18.3 Å². The first kappa shape index (κ1) is 18.6. The summed E-state index contributed by atoms with van der Waals surface area (Å²) in [5, 5.41) is 7.62. The predicted octanol–water partition coefficient (Wildman–Crippen LogP) is 4.61. The highest BCUT2D eigenvalue weighted by molar-refractivity contribution is 6.34. The number of carbonyl (C=O) groups is 1. The number of amides is 1. The minimum atomic E-state index is -0.439. The van der Waals surface area contributed by atoms with Crippen LogP contribution < -0.4 is 11.1 Å². The van der Waals surface area contributed by atoms with Crippen LogP contribution in [0.1, 0.15) is 42.6 Å². The molecule has 1 fully saturated rings. The van der Waals surface area contributed by atoms with Crippen molar-refractivity contribution in [3.05, 3.63) is 47.6 Å². The first-order valence-corrected chi connectivity index (χ1v) is 9.81. The number of carbonyl (C=O) groups excluding carboxylic acids is 1. The zero-order chi connectivity index (χ0) is 19.5. The molecule has 3 N–H and O–H groups in total. The summed E-state index contributed by atoms with van der Waals surface area (Å²) in [6, 6.07) is 5.41. The van der Waals surface area contributed by atoms with Crippen molar-refractivity contribution < 1.29 is 9.21 Å². The number of nitrogens with two attached hydrogens (primary N) is 1. The maximum atomic E-state index is 12.3. The topological polar surface area (TPSA) is 99.0 Å². The molecule has 1 aliphatic carbocycles. The van der Waals surface area contributed by atoms with Crippen molar-refractivity contribution >= 4 is 29.2 Å². The summed E-state index contributed by atoms with van der Waals surface area (Å²) in [5.74, 6) is 0.537. The number of benzene rings is 1. The number of halogens is 1. The van der Waals surface area contributed by atoms with Crippen molar-refractivity contribution in [3.63, 3.8) is 0 Å². The van der Waals surface area contributed by atoms with Gasteiger partial charge in [0.25, 0.3) is 11.9 Å². The minimum absolute atomic E-state index is 0.0606. The van der Waals surface area contributed by atoms with Crippen molar-refractivity contribution in [2.45, 2.75) is 38.6 Å². The number of nitrogen functional groups attached to an aromatic ring is 1. The Hall–Kier alpha value is -2.80. The van der Waals surface area contributed by atoms with Crippen LogP contribution in [0.25, 0.3) is 11.1 Å². The number of aromatic nitrogens is 3. The standard InChI is InChI=1S/C20H22ClN5O2/c21-16-7-6-14(9-17(16)24-19(27)18-12-28-20(22)25-18)15-10-23-26(11-15)8-2-1-3-13-4-5-13/h6-7,9-13H,1-5,8H2,(H2,22,25)(H,24,27). The molecule has 1 saturated carbocycles. The van der Waals surface area contributed by atoms with E-state index in [1.54, 1.807) is 6.07 Å². The van der Waals surface area contributed by atoms with E-state index in [-0.39, 0.29) is 11.7 Å². The van der Waals surface area contributed by atoms with Crippen molar-refractivity contribution in [2.24, 2.45) is 5.92 Å². The Morgan fingerprint density at radius 3 is 2.93 bits per heavy atom. The van der Waals surface area contributed by atoms with Gasteiger partial charge in [0.05, 0.1) is 16.9 Å². The summed E-state index contributed by atoms with van der Waals surface area (Å²) in [6.45, 7) is 0.914. The van der Waals surface area contributed by atoms with Crippen LogP contribution in [-0.2, 0) is 6.54 Å². The fraction of sp³-hybridized carbons (Fsp3) is 0.350. The van der Waals surface area contributed by atoms with Crippen LogP contribution in [0.3, 0.4) is 0 Å². The normalized spacial score (nSPS) is 13.6. The lowest BCUT2D eigenvalue weighted by Crippen LogP contribution is -2.12. The molecule has 4 rings (SSSR count). The third-order valence-electron chi connectivity index (χ3n) is 4.88. The third-order valence-corrected chi connectivity index (χ3v) is 5.21. The Balaban J connectivity index is 1.42. The second-order valence-electron chi connectivity index (χ2n) is 7.15. The smallest absolute Gasteiger partial charge is 0.292 e. The van der Waals surface area contributed by atoms with Gasteiger partial charge in [0.1, 0.15) is 6.26 Å². The molecule has 1 amide bonds. The number of aryl methyl sites for hydroxylation is 1. The summed E-state index contributed by atoms with van der Waals surface area (Å²) < 4.78 is 6.83. The van der Waals surface area contributed by atoms with Crippen molar-refractivity contribution in [1.29, 1.82) is 0 Å². The van der Waals surface area contributed by atoms with Gasteiger partial charge in [-0.1, -0.05) is 43.4 Å². The number of anilines is 2. The number of nitrogens with one attached hydrogen (secondary N) is 1. The third kappa shape index (κ3) is 4.54. The summed E-state index contributed by atoms with van der Waals surface area (Å²) in [5.41, 5.74) is 7.89. The van der Waals surface area contributed by atoms with Crippen LogP contribution >= 0.6 is 11.6 Å². The highest BCUT2D eigenvalue weighted by Gasteiger charge is 2.20. The fourth-order valence-electron chi connectivity index (χ4n) is 3.13. The molecule has 3 aromatic rings. The highest BCUT2D eigenvalue weighted by Crippen LogP contribution is 2.34. The number of nitrogens with zero attached hydrogens (tertiary/aromatic N) is 3. The molecular weight excluding hydrogens is 378 g/mol. The number of rotatable bonds is 8. The van der Waals surface area contributed by atoms with Crippen LogP contribution in [0, 0.1) is 5.92 Å². The molecule has 1 aliphatic rings. The molecule has 0 spiro atoms. The van der Waals surface area contributed by atoms with Crippen molar-refractivity contribution in [3.8, 4) is 11.1 Å². The van der Waals surface area contributed by atoms with Gasteiger partial charge in [0.2, 0.25) is 0 Å². The van der Waals surface area contributed by atoms with Crippen LogP contribution in [0.5, 0.6) is 0 Å². The monoisotopic (exact) mass is 399 g/mol. The number of unbranched alkanes of at least 4 members (excludes halogenated alkanes) is 1. The molecule has 0 unspecified atom stereocenters. The molecule has 146 valence electrons. The molecule has 2 aromatic heterocycles. The van der Waals surface area contributed by atoms with E-state index in [0.717, 1.165) is 30.0 Å². The predicted molar refractivity (Wildman–Crippen MR) is 108 cm³/mol. The molecule has 0 saturated heterocycles. The maximum Gasteiger partial charge on any atom is 0.292 e. The average Bonchev–Trinajstić information content (AvgIpc) is 3.20. The van der Waals surface area contributed by atoms with Crippen LogP contribution in [0.15, 0.2) is 41.3 Å². The van der Waals surface area contributed by atoms with E-state index in [1.807, 2.05) is 29.2 Å². The Kier molecular flexibility index (Phi) is 5.34. The number of oxazole rings is 1. The molecule has 8 heteroatoms. The molecular formula is C20H22ClN5O2. The van der Waals surface area contributed by atoms with Gasteiger partial charge >= 0.3 is 0 Å². The van der Waals surface area contributed by atoms with E-state index >= 15 is 0 Å². The average molecular weight is 400 g/mol. The molecule has 7 nitrogen and oxygen atoms in total. The van der Waals surface area contributed by atoms with Gasteiger partial charge in [-0.15, -0.1) is 0 Å². The zero-order valence-corrected chi connectivity index (χ0v) is 16.2. The first-order chi connectivity index (χ1) is 13.6. The summed E-state index contributed by atoms with van der Waals surface area (Å²) in [7, 11) is 0. The molecule has 0 aliphatic heterocycles. The fourth-order valence-corrected chi connectivity index (χ4v) is 3.29. The Bertz CT molecular complexity index is 977. The zero-order valence-electron chi connectivity index (χ0n) is 15.4. The van der Waals surface area contributed by atoms with E-state index in [1.165, 1.54) is 31.9 Å². The minimum Gasteiger partial charge on any atom is -0.431 e. The van der Waals surface area contributed by atoms with E-state index in [0.29, 0.717) is 10.7 Å². The lowest BCUT2D eigenvalue weighted by molar-refractivity contribution is 0.102. The highest BCUT2D eigenvalue weighted by atomic mass is 35.5. The molecule has 0 radical (unpaired) electrons. The maximum absolute atomic E-state index is 12.3. The molecule has 0 atom stereocenters. The SMILES string of the molecule is Nc1nc(C(=O)Nc2cc(-c3cnn(CCCCC4CC4)c3)ccc2Cl)co1. The second kappa shape index (κ2) is 8.06. The van der Waals surface area contributed by atoms with E-state index in [9.17, 15) is 4.79 Å². The van der Waals surface area contributed by atoms with Crippen molar-refractivity contribution in [2.75, 3.05) is 11.1 Å². The lowest BCUT2D eigenvalue weighted by Gasteiger charge is -2.08. The second-order valence-corrected chi connectivity index (χ2v) is 7.56. The summed E-state index contributed by atoms with van der Waals surface area (Å²) >= 11 is 6.24. The Morgan fingerprint density at radius 1 is 1.32 bits per heavy atom. The largest absolute Gasteiger partial charge is 0.431 e. The number of hydrogen-bond donors (Lipinski definition) is 2. The molecule has 28 heavy (non-hydrogen) atoms. The molecule has 0 bridgehead atoms. The van der Waals surface area contributed by atoms with Gasteiger partial charge in [-0.3, -0.25) is 9.48 Å². The Morgan fingerprint density at radius 2 is 2.18 bits per heavy atom. The van der Waals surface area contributed by atoms with Crippen LogP contribution in [0.2, 0.25) is 5.02 Å². The molecule has 1 aromatic carbocycles. The first-order valence-electron chi connectivity index (χ1n) is 9.43. The number of hydrogen-bond acceptors (Lipinski definition) is 5. The van der Waals surface area contributed by atoms with Gasteiger partial charge in [0.15, 0.2) is 5.69 Å². The Labute approximate surface area is 167 Å². The van der Waals surface area contributed by atoms with Crippen LogP contribution in [0.4, 0.5) is 11.7 Å². The van der Waals surface area contributed by atoms with Gasteiger partial charge in [-0.2, -0.15) is 10.1 Å². The van der Waals surface area contributed by atoms with Gasteiger partial charge in [-0.05, 0) is 30.0 Å². The van der Waals surface area contributed by atoms with Crippen LogP contribution in [-0.4, -0.2) is 20.7 Å². The van der Waals surface area contributed by atoms with Crippen molar-refractivity contribution in [1.82, 2.24) is 14.8 Å². The summed E-state index contributed by atoms with van der Waals surface area (Å²) in [6.07, 6.45) is 11.6. The summed E-state index contributed by atoms with van der Waals surface area (Å²) in [4.78, 5) is 16.1. The van der Waals surface area contributed by atoms with E-state index < -0.39 is 5.91 Å².